The number of amides is 1. The summed E-state index contributed by atoms with van der Waals surface area (Å²) >= 11 is 6.56. The van der Waals surface area contributed by atoms with Crippen LogP contribution < -0.4 is 10.6 Å². The molecule has 0 aromatic carbocycles. The van der Waals surface area contributed by atoms with Gasteiger partial charge in [0.2, 0.25) is 5.91 Å². The van der Waals surface area contributed by atoms with Crippen LogP contribution in [0.2, 0.25) is 0 Å². The minimum absolute atomic E-state index is 0.0420. The van der Waals surface area contributed by atoms with E-state index < -0.39 is 0 Å². The van der Waals surface area contributed by atoms with E-state index in [2.05, 4.69) is 42.5 Å². The number of nitrogens with one attached hydrogen (secondary N) is 2. The van der Waals surface area contributed by atoms with Crippen LogP contribution in [-0.4, -0.2) is 19.0 Å². The zero-order chi connectivity index (χ0) is 11.4. The molecule has 15 heavy (non-hydrogen) atoms. The van der Waals surface area contributed by atoms with E-state index >= 15 is 0 Å². The van der Waals surface area contributed by atoms with E-state index in [1.165, 1.54) is 0 Å². The Hall–Kier alpha value is -0.330. The van der Waals surface area contributed by atoms with Crippen molar-refractivity contribution in [3.63, 3.8) is 0 Å². The fourth-order valence-electron chi connectivity index (χ4n) is 1.04. The minimum Gasteiger partial charge on any atom is -0.452 e. The van der Waals surface area contributed by atoms with E-state index in [0.29, 0.717) is 11.2 Å². The van der Waals surface area contributed by atoms with Gasteiger partial charge in [-0.05, 0) is 44.8 Å². The molecule has 0 saturated carbocycles. The highest BCUT2D eigenvalue weighted by atomic mass is 79.9. The Morgan fingerprint density at radius 1 is 1.60 bits per heavy atom. The molecule has 84 valence electrons. The fourth-order valence-corrected chi connectivity index (χ4v) is 1.70. The lowest BCUT2D eigenvalue weighted by Crippen LogP contribution is -2.40. The van der Waals surface area contributed by atoms with Gasteiger partial charge in [0.1, 0.15) is 5.76 Å². The molecule has 0 aliphatic rings. The van der Waals surface area contributed by atoms with Crippen molar-refractivity contribution in [2.45, 2.75) is 19.5 Å². The van der Waals surface area contributed by atoms with Crippen LogP contribution >= 0.6 is 31.9 Å². The van der Waals surface area contributed by atoms with Crippen LogP contribution in [0.4, 0.5) is 0 Å². The van der Waals surface area contributed by atoms with Gasteiger partial charge < -0.3 is 9.73 Å². The van der Waals surface area contributed by atoms with Crippen LogP contribution in [0, 0.1) is 0 Å². The number of likely N-dealkylation sites (N-methyl/N-ethyl adjacent to an activating group) is 1. The Labute approximate surface area is 105 Å². The number of hydrogen-bond donors (Lipinski definition) is 2. The minimum atomic E-state index is -0.238. The molecule has 1 heterocycles. The topological polar surface area (TPSA) is 54.3 Å². The highest BCUT2D eigenvalue weighted by Gasteiger charge is 2.11. The van der Waals surface area contributed by atoms with Crippen molar-refractivity contribution in [2.75, 3.05) is 7.05 Å². The summed E-state index contributed by atoms with van der Waals surface area (Å²) in [5.41, 5.74) is 0. The van der Waals surface area contributed by atoms with Gasteiger partial charge in [0.25, 0.3) is 0 Å². The van der Waals surface area contributed by atoms with Crippen LogP contribution in [0.15, 0.2) is 19.6 Å². The van der Waals surface area contributed by atoms with E-state index in [1.807, 2.05) is 6.07 Å². The third kappa shape index (κ3) is 3.62. The third-order valence-electron chi connectivity index (χ3n) is 1.92. The molecule has 4 nitrogen and oxygen atoms in total. The Balaban J connectivity index is 2.47. The van der Waals surface area contributed by atoms with Gasteiger partial charge in [-0.3, -0.25) is 10.1 Å². The summed E-state index contributed by atoms with van der Waals surface area (Å²) < 4.78 is 6.88. The Bertz CT molecular complexity index is 332. The molecule has 0 spiro atoms. The zero-order valence-corrected chi connectivity index (χ0v) is 11.6. The highest BCUT2D eigenvalue weighted by molar-refractivity contribution is 9.13. The van der Waals surface area contributed by atoms with E-state index in [1.54, 1.807) is 14.0 Å². The molecule has 1 atom stereocenters. The molecule has 0 fully saturated rings. The zero-order valence-electron chi connectivity index (χ0n) is 8.43. The van der Waals surface area contributed by atoms with E-state index in [-0.39, 0.29) is 11.9 Å². The first-order chi connectivity index (χ1) is 7.04. The summed E-state index contributed by atoms with van der Waals surface area (Å²) in [6.45, 7) is 2.31. The average Bonchev–Trinajstić information content (AvgIpc) is 2.54. The van der Waals surface area contributed by atoms with Crippen LogP contribution in [0.5, 0.6) is 0 Å². The Kier molecular flexibility index (Phi) is 4.82. The van der Waals surface area contributed by atoms with Gasteiger partial charge in [0.05, 0.1) is 17.1 Å². The number of rotatable bonds is 4. The fraction of sp³-hybridized carbons (Fsp3) is 0.444. The summed E-state index contributed by atoms with van der Waals surface area (Å²) in [7, 11) is 1.61. The Morgan fingerprint density at radius 2 is 2.27 bits per heavy atom. The quantitative estimate of drug-likeness (QED) is 0.882. The molecule has 0 radical (unpaired) electrons. The summed E-state index contributed by atoms with van der Waals surface area (Å²) in [6, 6.07) is 1.62. The van der Waals surface area contributed by atoms with Crippen molar-refractivity contribution in [1.29, 1.82) is 0 Å². The molecule has 0 bridgehead atoms. The van der Waals surface area contributed by atoms with Gasteiger partial charge >= 0.3 is 0 Å². The lowest BCUT2D eigenvalue weighted by molar-refractivity contribution is -0.122. The number of hydrogen-bond acceptors (Lipinski definition) is 3. The SMILES string of the molecule is CNC(=O)C(C)NCc1cc(Br)c(Br)o1. The number of carbonyl (C=O) groups is 1. The standard InChI is InChI=1S/C9H12Br2N2O2/c1-5(9(14)12-2)13-4-6-3-7(10)8(11)15-6/h3,5,13H,4H2,1-2H3,(H,12,14). The molecule has 0 saturated heterocycles. The van der Waals surface area contributed by atoms with Crippen molar-refractivity contribution in [2.24, 2.45) is 0 Å². The van der Waals surface area contributed by atoms with Crippen LogP contribution in [-0.2, 0) is 11.3 Å². The van der Waals surface area contributed by atoms with E-state index in [0.717, 1.165) is 10.2 Å². The number of halogens is 2. The molecule has 1 rings (SSSR count). The van der Waals surface area contributed by atoms with Crippen LogP contribution in [0.25, 0.3) is 0 Å². The monoisotopic (exact) mass is 338 g/mol. The maximum atomic E-state index is 11.2. The lowest BCUT2D eigenvalue weighted by Gasteiger charge is -2.10. The van der Waals surface area contributed by atoms with Crippen LogP contribution in [0.1, 0.15) is 12.7 Å². The summed E-state index contributed by atoms with van der Waals surface area (Å²) in [4.78, 5) is 11.2. The average molecular weight is 340 g/mol. The largest absolute Gasteiger partial charge is 0.452 e. The van der Waals surface area contributed by atoms with Gasteiger partial charge in [-0.15, -0.1) is 0 Å². The van der Waals surface area contributed by atoms with E-state index in [9.17, 15) is 4.79 Å². The Morgan fingerprint density at radius 3 is 2.73 bits per heavy atom. The van der Waals surface area contributed by atoms with Crippen molar-refractivity contribution in [3.05, 3.63) is 21.0 Å². The second kappa shape index (κ2) is 5.67. The van der Waals surface area contributed by atoms with E-state index in [4.69, 9.17) is 4.42 Å². The third-order valence-corrected chi connectivity index (χ3v) is 3.63. The van der Waals surface area contributed by atoms with Crippen molar-refractivity contribution >= 4 is 37.8 Å². The molecule has 1 aromatic rings. The first-order valence-electron chi connectivity index (χ1n) is 4.43. The highest BCUT2D eigenvalue weighted by Crippen LogP contribution is 2.26. The molecule has 6 heteroatoms. The first kappa shape index (κ1) is 12.7. The van der Waals surface area contributed by atoms with Crippen molar-refractivity contribution in [3.8, 4) is 0 Å². The normalized spacial score (nSPS) is 12.5. The summed E-state index contributed by atoms with van der Waals surface area (Å²) in [5, 5.41) is 5.61. The predicted octanol–water partition coefficient (Wildman–Crippen LogP) is 2.03. The summed E-state index contributed by atoms with van der Waals surface area (Å²) in [5.74, 6) is 0.726. The van der Waals surface area contributed by atoms with Gasteiger partial charge in [0, 0.05) is 7.05 Å². The second-order valence-electron chi connectivity index (χ2n) is 3.05. The lowest BCUT2D eigenvalue weighted by atomic mass is 10.3. The number of furan rings is 1. The van der Waals surface area contributed by atoms with Crippen LogP contribution in [0.3, 0.4) is 0 Å². The van der Waals surface area contributed by atoms with Gasteiger partial charge in [-0.25, -0.2) is 0 Å². The van der Waals surface area contributed by atoms with Gasteiger partial charge in [0.15, 0.2) is 4.67 Å². The maximum absolute atomic E-state index is 11.2. The number of carbonyl (C=O) groups excluding carboxylic acids is 1. The van der Waals surface area contributed by atoms with Crippen molar-refractivity contribution < 1.29 is 9.21 Å². The predicted molar refractivity (Wildman–Crippen MR) is 64.5 cm³/mol. The van der Waals surface area contributed by atoms with Gasteiger partial charge in [-0.1, -0.05) is 0 Å². The molecular weight excluding hydrogens is 328 g/mol. The van der Waals surface area contributed by atoms with Crippen molar-refractivity contribution in [1.82, 2.24) is 10.6 Å². The molecule has 1 aromatic heterocycles. The van der Waals surface area contributed by atoms with Gasteiger partial charge in [-0.2, -0.15) is 0 Å². The maximum Gasteiger partial charge on any atom is 0.236 e. The molecule has 2 N–H and O–H groups in total. The molecule has 1 unspecified atom stereocenters. The summed E-state index contributed by atoms with van der Waals surface area (Å²) in [6.07, 6.45) is 0. The second-order valence-corrected chi connectivity index (χ2v) is 4.63. The molecule has 0 aliphatic heterocycles. The first-order valence-corrected chi connectivity index (χ1v) is 6.02. The smallest absolute Gasteiger partial charge is 0.236 e. The molecule has 1 amide bonds. The molecule has 0 aliphatic carbocycles. The molecular formula is C9H12Br2N2O2.